The largest absolute Gasteiger partial charge is 0.311 e. The Balaban J connectivity index is 1.92. The molecule has 0 aliphatic carbocycles. The maximum atomic E-state index is 12.7. The first-order valence-corrected chi connectivity index (χ1v) is 9.80. The summed E-state index contributed by atoms with van der Waals surface area (Å²) in [5.41, 5.74) is 3.30. The molecule has 0 bridgehead atoms. The van der Waals surface area contributed by atoms with E-state index < -0.39 is 0 Å². The molecule has 0 radical (unpaired) electrons. The minimum absolute atomic E-state index is 0.0187. The molecule has 1 amide bonds. The van der Waals surface area contributed by atoms with Crippen molar-refractivity contribution in [1.29, 1.82) is 0 Å². The predicted molar refractivity (Wildman–Crippen MR) is 112 cm³/mol. The summed E-state index contributed by atoms with van der Waals surface area (Å²) in [4.78, 5) is 33.5. The molecule has 2 aromatic heterocycles. The van der Waals surface area contributed by atoms with Crippen LogP contribution in [0, 0.1) is 6.92 Å². The number of hydrogen-bond donors (Lipinski definition) is 1. The number of nitrogens with one attached hydrogen (secondary N) is 1. The van der Waals surface area contributed by atoms with E-state index >= 15 is 0 Å². The molecule has 0 atom stereocenters. The quantitative estimate of drug-likeness (QED) is 0.665. The molecule has 6 nitrogen and oxygen atoms in total. The minimum atomic E-state index is -0.0286. The second kappa shape index (κ2) is 8.78. The third-order valence-corrected chi connectivity index (χ3v) is 4.71. The van der Waals surface area contributed by atoms with Crippen LogP contribution in [0.4, 0.5) is 5.82 Å². The summed E-state index contributed by atoms with van der Waals surface area (Å²) in [7, 11) is 0. The van der Waals surface area contributed by atoms with Gasteiger partial charge in [-0.25, -0.2) is 9.97 Å². The number of fused-ring (bicyclic) bond motifs is 1. The summed E-state index contributed by atoms with van der Waals surface area (Å²) in [6.45, 7) is 6.64. The van der Waals surface area contributed by atoms with Crippen molar-refractivity contribution < 1.29 is 4.79 Å². The van der Waals surface area contributed by atoms with E-state index in [0.29, 0.717) is 29.7 Å². The van der Waals surface area contributed by atoms with E-state index in [1.165, 1.54) is 0 Å². The van der Waals surface area contributed by atoms with Crippen molar-refractivity contribution >= 4 is 22.6 Å². The SMILES string of the molecule is CCCCC(=O)Nc1ccc(-c2ccc3ncn(CCC)c(=O)c3c2)c(C)n1. The first kappa shape index (κ1) is 19.7. The predicted octanol–water partition coefficient (Wildman–Crippen LogP) is 4.31. The molecule has 0 fully saturated rings. The molecular weight excluding hydrogens is 352 g/mol. The number of amides is 1. The molecule has 3 aromatic rings. The van der Waals surface area contributed by atoms with Crippen LogP contribution in [0.1, 0.15) is 45.2 Å². The van der Waals surface area contributed by atoms with Gasteiger partial charge in [-0.3, -0.25) is 14.2 Å². The summed E-state index contributed by atoms with van der Waals surface area (Å²) in [6, 6.07) is 9.42. The van der Waals surface area contributed by atoms with Gasteiger partial charge in [-0.05, 0) is 49.6 Å². The average Bonchev–Trinajstić information content (AvgIpc) is 2.69. The first-order valence-electron chi connectivity index (χ1n) is 9.80. The van der Waals surface area contributed by atoms with Gasteiger partial charge >= 0.3 is 0 Å². The number of carbonyl (C=O) groups is 1. The lowest BCUT2D eigenvalue weighted by Crippen LogP contribution is -2.20. The van der Waals surface area contributed by atoms with Gasteiger partial charge < -0.3 is 5.32 Å². The fourth-order valence-electron chi connectivity index (χ4n) is 3.21. The van der Waals surface area contributed by atoms with Crippen LogP contribution in [-0.4, -0.2) is 20.4 Å². The average molecular weight is 378 g/mol. The van der Waals surface area contributed by atoms with Gasteiger partial charge in [0.25, 0.3) is 5.56 Å². The molecule has 0 saturated carbocycles. The molecular formula is C22H26N4O2. The lowest BCUT2D eigenvalue weighted by atomic mass is 10.0. The van der Waals surface area contributed by atoms with Crippen molar-refractivity contribution in [2.75, 3.05) is 5.32 Å². The smallest absolute Gasteiger partial charge is 0.261 e. The topological polar surface area (TPSA) is 76.9 Å². The highest BCUT2D eigenvalue weighted by Crippen LogP contribution is 2.25. The molecule has 0 saturated heterocycles. The molecule has 146 valence electrons. The highest BCUT2D eigenvalue weighted by molar-refractivity contribution is 5.90. The number of carbonyl (C=O) groups excluding carboxylic acids is 1. The van der Waals surface area contributed by atoms with Crippen LogP contribution in [0.15, 0.2) is 41.5 Å². The Morgan fingerprint density at radius 2 is 1.96 bits per heavy atom. The maximum Gasteiger partial charge on any atom is 0.261 e. The summed E-state index contributed by atoms with van der Waals surface area (Å²) in [5, 5.41) is 3.44. The van der Waals surface area contributed by atoms with Crippen LogP contribution < -0.4 is 10.9 Å². The Morgan fingerprint density at radius 3 is 2.68 bits per heavy atom. The van der Waals surface area contributed by atoms with Crippen molar-refractivity contribution in [2.45, 2.75) is 53.0 Å². The number of aryl methyl sites for hydroxylation is 2. The van der Waals surface area contributed by atoms with Crippen molar-refractivity contribution in [3.63, 3.8) is 0 Å². The van der Waals surface area contributed by atoms with Gasteiger partial charge in [0.15, 0.2) is 0 Å². The Kier molecular flexibility index (Phi) is 6.19. The van der Waals surface area contributed by atoms with Crippen molar-refractivity contribution in [1.82, 2.24) is 14.5 Å². The number of pyridine rings is 1. The van der Waals surface area contributed by atoms with Crippen LogP contribution in [-0.2, 0) is 11.3 Å². The van der Waals surface area contributed by atoms with Gasteiger partial charge in [0.2, 0.25) is 5.91 Å². The number of benzene rings is 1. The van der Waals surface area contributed by atoms with Gasteiger partial charge in [0.05, 0.1) is 17.2 Å². The maximum absolute atomic E-state index is 12.7. The van der Waals surface area contributed by atoms with Gasteiger partial charge in [0, 0.05) is 24.2 Å². The standard InChI is InChI=1S/C22H26N4O2/c1-4-6-7-21(27)25-20-11-9-17(15(3)24-20)16-8-10-19-18(13-16)22(28)26(12-5-2)14-23-19/h8-11,13-14H,4-7,12H2,1-3H3,(H,24,25,27). The Labute approximate surface area is 164 Å². The molecule has 0 aliphatic heterocycles. The molecule has 28 heavy (non-hydrogen) atoms. The van der Waals surface area contributed by atoms with Crippen LogP contribution in [0.5, 0.6) is 0 Å². The van der Waals surface area contributed by atoms with Crippen molar-refractivity contribution in [2.24, 2.45) is 0 Å². The summed E-state index contributed by atoms with van der Waals surface area (Å²) < 4.78 is 1.64. The second-order valence-corrected chi connectivity index (χ2v) is 6.96. The zero-order chi connectivity index (χ0) is 20.1. The number of nitrogens with zero attached hydrogens (tertiary/aromatic N) is 3. The Bertz CT molecular complexity index is 1060. The van der Waals surface area contributed by atoms with Gasteiger partial charge in [-0.15, -0.1) is 0 Å². The zero-order valence-corrected chi connectivity index (χ0v) is 16.7. The molecule has 1 aromatic carbocycles. The zero-order valence-electron chi connectivity index (χ0n) is 16.7. The fourth-order valence-corrected chi connectivity index (χ4v) is 3.21. The third kappa shape index (κ3) is 4.27. The van der Waals surface area contributed by atoms with E-state index in [9.17, 15) is 9.59 Å². The number of hydrogen-bond acceptors (Lipinski definition) is 4. The van der Waals surface area contributed by atoms with Crippen molar-refractivity contribution in [3.8, 4) is 11.1 Å². The molecule has 1 N–H and O–H groups in total. The van der Waals surface area contributed by atoms with Crippen LogP contribution >= 0.6 is 0 Å². The van der Waals surface area contributed by atoms with E-state index in [-0.39, 0.29) is 11.5 Å². The number of unbranched alkanes of at least 4 members (excludes halogenated alkanes) is 1. The number of aromatic nitrogens is 3. The molecule has 2 heterocycles. The number of anilines is 1. The lowest BCUT2D eigenvalue weighted by molar-refractivity contribution is -0.116. The third-order valence-electron chi connectivity index (χ3n) is 4.71. The lowest BCUT2D eigenvalue weighted by Gasteiger charge is -2.10. The number of rotatable bonds is 7. The molecule has 0 aliphatic rings. The normalized spacial score (nSPS) is 11.0. The summed E-state index contributed by atoms with van der Waals surface area (Å²) in [5.74, 6) is 0.532. The fraction of sp³-hybridized carbons (Fsp3) is 0.364. The minimum Gasteiger partial charge on any atom is -0.311 e. The Morgan fingerprint density at radius 1 is 1.14 bits per heavy atom. The summed E-state index contributed by atoms with van der Waals surface area (Å²) in [6.07, 6.45) is 4.83. The second-order valence-electron chi connectivity index (χ2n) is 6.96. The van der Waals surface area contributed by atoms with Crippen molar-refractivity contribution in [3.05, 3.63) is 52.7 Å². The van der Waals surface area contributed by atoms with E-state index in [1.54, 1.807) is 17.0 Å². The van der Waals surface area contributed by atoms with Gasteiger partial charge in [-0.2, -0.15) is 0 Å². The highest BCUT2D eigenvalue weighted by Gasteiger charge is 2.10. The van der Waals surface area contributed by atoms with E-state index in [2.05, 4.69) is 22.2 Å². The Hall–Kier alpha value is -3.02. The van der Waals surface area contributed by atoms with Gasteiger partial charge in [0.1, 0.15) is 5.82 Å². The molecule has 0 unspecified atom stereocenters. The summed E-state index contributed by atoms with van der Waals surface area (Å²) >= 11 is 0. The van der Waals surface area contributed by atoms with Gasteiger partial charge in [-0.1, -0.05) is 26.3 Å². The monoisotopic (exact) mass is 378 g/mol. The van der Waals surface area contributed by atoms with E-state index in [1.807, 2.05) is 38.1 Å². The van der Waals surface area contributed by atoms with E-state index in [0.717, 1.165) is 36.1 Å². The van der Waals surface area contributed by atoms with E-state index in [4.69, 9.17) is 0 Å². The first-order chi connectivity index (χ1) is 13.5. The van der Waals surface area contributed by atoms with Crippen LogP contribution in [0.2, 0.25) is 0 Å². The van der Waals surface area contributed by atoms with Crippen LogP contribution in [0.25, 0.3) is 22.0 Å². The van der Waals surface area contributed by atoms with Crippen LogP contribution in [0.3, 0.4) is 0 Å². The molecule has 3 rings (SSSR count). The molecule has 6 heteroatoms. The molecule has 0 spiro atoms. The highest BCUT2D eigenvalue weighted by atomic mass is 16.1.